The molecule has 1 amide bonds. The van der Waals surface area contributed by atoms with Crippen LogP contribution in [0.5, 0.6) is 5.75 Å². The minimum atomic E-state index is -0.0943. The number of aliphatic imine (C=N–C) groups is 1. The number of hydrogen-bond donors (Lipinski definition) is 3. The number of hydrogen-bond acceptors (Lipinski definition) is 3. The standard InChI is InChI=1S/C16H24N4O2/c1-3-17-16(20-13-7-8-13)18-9-10-22-15-6-4-5-14(11-15)19-12(2)21/h4-6,11,13H,3,7-10H2,1-2H3,(H,19,21)(H2,17,18,20). The zero-order valence-corrected chi connectivity index (χ0v) is 13.2. The molecule has 1 aromatic carbocycles. The maximum Gasteiger partial charge on any atom is 0.221 e. The van der Waals surface area contributed by atoms with E-state index in [-0.39, 0.29) is 5.91 Å². The SMILES string of the molecule is CCNC(=NCCOc1cccc(NC(C)=O)c1)NC1CC1. The van der Waals surface area contributed by atoms with E-state index in [9.17, 15) is 4.79 Å². The van der Waals surface area contributed by atoms with Gasteiger partial charge in [-0.15, -0.1) is 0 Å². The van der Waals surface area contributed by atoms with Gasteiger partial charge in [0.25, 0.3) is 0 Å². The van der Waals surface area contributed by atoms with Gasteiger partial charge < -0.3 is 20.7 Å². The fourth-order valence-corrected chi connectivity index (χ4v) is 1.93. The molecule has 3 N–H and O–H groups in total. The van der Waals surface area contributed by atoms with Crippen LogP contribution in [0.15, 0.2) is 29.3 Å². The van der Waals surface area contributed by atoms with E-state index in [0.717, 1.165) is 23.9 Å². The van der Waals surface area contributed by atoms with Crippen molar-refractivity contribution in [3.63, 3.8) is 0 Å². The fourth-order valence-electron chi connectivity index (χ4n) is 1.93. The molecule has 1 fully saturated rings. The number of benzene rings is 1. The highest BCUT2D eigenvalue weighted by Gasteiger charge is 2.21. The number of nitrogens with zero attached hydrogens (tertiary/aromatic N) is 1. The summed E-state index contributed by atoms with van der Waals surface area (Å²) in [5.74, 6) is 1.48. The molecule has 0 radical (unpaired) electrons. The van der Waals surface area contributed by atoms with E-state index >= 15 is 0 Å². The largest absolute Gasteiger partial charge is 0.492 e. The molecule has 0 atom stereocenters. The molecule has 1 aliphatic carbocycles. The smallest absolute Gasteiger partial charge is 0.221 e. The van der Waals surface area contributed by atoms with Crippen LogP contribution in [0, 0.1) is 0 Å². The highest BCUT2D eigenvalue weighted by atomic mass is 16.5. The second-order valence-electron chi connectivity index (χ2n) is 5.24. The van der Waals surface area contributed by atoms with Crippen molar-refractivity contribution >= 4 is 17.6 Å². The van der Waals surface area contributed by atoms with E-state index in [4.69, 9.17) is 4.74 Å². The first-order valence-corrected chi connectivity index (χ1v) is 7.72. The van der Waals surface area contributed by atoms with Crippen molar-refractivity contribution in [2.24, 2.45) is 4.99 Å². The van der Waals surface area contributed by atoms with Gasteiger partial charge in [0.05, 0.1) is 6.54 Å². The number of anilines is 1. The average Bonchev–Trinajstić information content (AvgIpc) is 3.27. The maximum absolute atomic E-state index is 11.0. The van der Waals surface area contributed by atoms with Gasteiger partial charge >= 0.3 is 0 Å². The lowest BCUT2D eigenvalue weighted by atomic mass is 10.3. The van der Waals surface area contributed by atoms with Crippen molar-refractivity contribution in [1.29, 1.82) is 0 Å². The van der Waals surface area contributed by atoms with Gasteiger partial charge in [-0.25, -0.2) is 4.99 Å². The van der Waals surface area contributed by atoms with Crippen molar-refractivity contribution in [3.8, 4) is 5.75 Å². The van der Waals surface area contributed by atoms with Gasteiger partial charge in [0, 0.05) is 31.3 Å². The molecule has 0 spiro atoms. The van der Waals surface area contributed by atoms with Gasteiger partial charge in [-0.05, 0) is 31.9 Å². The van der Waals surface area contributed by atoms with E-state index < -0.39 is 0 Å². The molecule has 0 aliphatic heterocycles. The lowest BCUT2D eigenvalue weighted by molar-refractivity contribution is -0.114. The molecule has 2 rings (SSSR count). The van der Waals surface area contributed by atoms with Crippen LogP contribution < -0.4 is 20.7 Å². The third kappa shape index (κ3) is 6.03. The van der Waals surface area contributed by atoms with Crippen LogP contribution in [0.2, 0.25) is 0 Å². The summed E-state index contributed by atoms with van der Waals surface area (Å²) in [4.78, 5) is 15.5. The molecule has 120 valence electrons. The topological polar surface area (TPSA) is 74.8 Å². The highest BCUT2D eigenvalue weighted by molar-refractivity contribution is 5.88. The normalized spacial score (nSPS) is 14.4. The zero-order chi connectivity index (χ0) is 15.8. The van der Waals surface area contributed by atoms with E-state index in [1.807, 2.05) is 25.1 Å². The number of nitrogens with one attached hydrogen (secondary N) is 3. The summed E-state index contributed by atoms with van der Waals surface area (Å²) >= 11 is 0. The Balaban J connectivity index is 1.78. The molecule has 0 aromatic heterocycles. The minimum Gasteiger partial charge on any atom is -0.492 e. The Morgan fingerprint density at radius 3 is 2.91 bits per heavy atom. The quantitative estimate of drug-likeness (QED) is 0.407. The van der Waals surface area contributed by atoms with Crippen molar-refractivity contribution in [3.05, 3.63) is 24.3 Å². The Labute approximate surface area is 131 Å². The Morgan fingerprint density at radius 2 is 2.23 bits per heavy atom. The second-order valence-corrected chi connectivity index (χ2v) is 5.24. The molecular formula is C16H24N4O2. The third-order valence-corrected chi connectivity index (χ3v) is 3.05. The number of amides is 1. The number of guanidine groups is 1. The molecular weight excluding hydrogens is 280 g/mol. The fraction of sp³-hybridized carbons (Fsp3) is 0.500. The van der Waals surface area contributed by atoms with E-state index in [1.54, 1.807) is 6.07 Å². The Morgan fingerprint density at radius 1 is 1.41 bits per heavy atom. The van der Waals surface area contributed by atoms with Gasteiger partial charge in [0.15, 0.2) is 5.96 Å². The average molecular weight is 304 g/mol. The van der Waals surface area contributed by atoms with Crippen LogP contribution in [-0.2, 0) is 4.79 Å². The maximum atomic E-state index is 11.0. The predicted molar refractivity (Wildman–Crippen MR) is 88.4 cm³/mol. The van der Waals surface area contributed by atoms with Crippen LogP contribution in [0.25, 0.3) is 0 Å². The van der Waals surface area contributed by atoms with Crippen LogP contribution in [-0.4, -0.2) is 37.6 Å². The molecule has 0 bridgehead atoms. The van der Waals surface area contributed by atoms with Crippen molar-refractivity contribution in [1.82, 2.24) is 10.6 Å². The van der Waals surface area contributed by atoms with E-state index in [0.29, 0.717) is 19.2 Å². The number of carbonyl (C=O) groups is 1. The van der Waals surface area contributed by atoms with Crippen molar-refractivity contribution in [2.75, 3.05) is 25.0 Å². The minimum absolute atomic E-state index is 0.0943. The third-order valence-electron chi connectivity index (χ3n) is 3.05. The summed E-state index contributed by atoms with van der Waals surface area (Å²) in [5, 5.41) is 9.31. The summed E-state index contributed by atoms with van der Waals surface area (Å²) in [7, 11) is 0. The monoisotopic (exact) mass is 304 g/mol. The van der Waals surface area contributed by atoms with Crippen LogP contribution >= 0.6 is 0 Å². The number of ether oxygens (including phenoxy) is 1. The molecule has 6 nitrogen and oxygen atoms in total. The van der Waals surface area contributed by atoms with Gasteiger partial charge in [0.2, 0.25) is 5.91 Å². The second kappa shape index (κ2) is 8.26. The summed E-state index contributed by atoms with van der Waals surface area (Å²) in [6, 6.07) is 7.92. The van der Waals surface area contributed by atoms with Gasteiger partial charge in [-0.3, -0.25) is 4.79 Å². The highest BCUT2D eigenvalue weighted by Crippen LogP contribution is 2.18. The summed E-state index contributed by atoms with van der Waals surface area (Å²) in [5.41, 5.74) is 0.734. The van der Waals surface area contributed by atoms with Crippen LogP contribution in [0.3, 0.4) is 0 Å². The molecule has 0 unspecified atom stereocenters. The van der Waals surface area contributed by atoms with E-state index in [2.05, 4.69) is 20.9 Å². The first-order chi connectivity index (χ1) is 10.7. The lowest BCUT2D eigenvalue weighted by Gasteiger charge is -2.11. The molecule has 1 saturated carbocycles. The molecule has 0 saturated heterocycles. The number of carbonyl (C=O) groups excluding carboxylic acids is 1. The Hall–Kier alpha value is -2.24. The molecule has 6 heteroatoms. The van der Waals surface area contributed by atoms with Gasteiger partial charge in [0.1, 0.15) is 12.4 Å². The lowest BCUT2D eigenvalue weighted by Crippen LogP contribution is -2.38. The van der Waals surface area contributed by atoms with Gasteiger partial charge in [-0.2, -0.15) is 0 Å². The van der Waals surface area contributed by atoms with Crippen LogP contribution in [0.4, 0.5) is 5.69 Å². The summed E-state index contributed by atoms with van der Waals surface area (Å²) in [6.07, 6.45) is 2.44. The zero-order valence-electron chi connectivity index (χ0n) is 13.2. The molecule has 1 aromatic rings. The summed E-state index contributed by atoms with van der Waals surface area (Å²) in [6.45, 7) is 5.45. The Kier molecular flexibility index (Phi) is 6.06. The first kappa shape index (κ1) is 16.1. The number of rotatable bonds is 7. The molecule has 22 heavy (non-hydrogen) atoms. The van der Waals surface area contributed by atoms with Crippen molar-refractivity contribution < 1.29 is 9.53 Å². The molecule has 1 aliphatic rings. The first-order valence-electron chi connectivity index (χ1n) is 7.72. The van der Waals surface area contributed by atoms with E-state index in [1.165, 1.54) is 19.8 Å². The summed E-state index contributed by atoms with van der Waals surface area (Å²) < 4.78 is 5.66. The Bertz CT molecular complexity index is 527. The van der Waals surface area contributed by atoms with Crippen molar-refractivity contribution in [2.45, 2.75) is 32.7 Å². The van der Waals surface area contributed by atoms with Gasteiger partial charge in [-0.1, -0.05) is 6.07 Å². The predicted octanol–water partition coefficient (Wildman–Crippen LogP) is 1.74. The molecule has 0 heterocycles. The van der Waals surface area contributed by atoms with Crippen LogP contribution in [0.1, 0.15) is 26.7 Å².